The number of rotatable bonds is 2. The molecule has 3 nitrogen and oxygen atoms in total. The number of likely N-dealkylation sites (N-methyl/N-ethyl adjacent to an activating group) is 2. The van der Waals surface area contributed by atoms with E-state index in [0.717, 1.165) is 6.54 Å². The third kappa shape index (κ3) is 1.75. The van der Waals surface area contributed by atoms with Gasteiger partial charge < -0.3 is 4.90 Å². The van der Waals surface area contributed by atoms with Crippen LogP contribution in [0.5, 0.6) is 0 Å². The molecule has 0 bridgehead atoms. The average molecular weight is 204 g/mol. The van der Waals surface area contributed by atoms with Crippen LogP contribution in [0.3, 0.4) is 0 Å². The second-order valence-corrected chi connectivity index (χ2v) is 3.85. The molecule has 80 valence electrons. The van der Waals surface area contributed by atoms with Crippen LogP contribution in [-0.4, -0.2) is 35.8 Å². The fourth-order valence-corrected chi connectivity index (χ4v) is 2.10. The fourth-order valence-electron chi connectivity index (χ4n) is 2.10. The Morgan fingerprint density at radius 2 is 2.00 bits per heavy atom. The molecule has 15 heavy (non-hydrogen) atoms. The Morgan fingerprint density at radius 1 is 1.33 bits per heavy atom. The van der Waals surface area contributed by atoms with Gasteiger partial charge in [-0.1, -0.05) is 37.3 Å². The molecule has 0 spiro atoms. The molecule has 1 fully saturated rings. The van der Waals surface area contributed by atoms with E-state index in [-0.39, 0.29) is 12.1 Å². The van der Waals surface area contributed by atoms with Crippen molar-refractivity contribution < 1.29 is 4.79 Å². The van der Waals surface area contributed by atoms with Crippen LogP contribution in [0.4, 0.5) is 0 Å². The quantitative estimate of drug-likeness (QED) is 0.728. The lowest BCUT2D eigenvalue weighted by molar-refractivity contribution is -0.126. The van der Waals surface area contributed by atoms with E-state index in [1.807, 2.05) is 30.1 Å². The van der Waals surface area contributed by atoms with Crippen molar-refractivity contribution >= 4 is 5.91 Å². The summed E-state index contributed by atoms with van der Waals surface area (Å²) in [5.74, 6) is 0.200. The molecule has 1 aromatic carbocycles. The highest BCUT2D eigenvalue weighted by Crippen LogP contribution is 2.28. The molecule has 1 unspecified atom stereocenters. The fraction of sp³-hybridized carbons (Fsp3) is 0.417. The van der Waals surface area contributed by atoms with E-state index in [9.17, 15) is 4.79 Å². The molecular weight excluding hydrogens is 188 g/mol. The van der Waals surface area contributed by atoms with E-state index < -0.39 is 0 Å². The maximum absolute atomic E-state index is 11.6. The first-order valence-electron chi connectivity index (χ1n) is 5.28. The first-order valence-corrected chi connectivity index (χ1v) is 5.28. The van der Waals surface area contributed by atoms with Crippen LogP contribution in [0.2, 0.25) is 0 Å². The molecule has 0 N–H and O–H groups in total. The van der Waals surface area contributed by atoms with Gasteiger partial charge in [-0.05, 0) is 12.1 Å². The van der Waals surface area contributed by atoms with Gasteiger partial charge in [0.15, 0.2) is 0 Å². The average Bonchev–Trinajstić information content (AvgIpc) is 2.56. The van der Waals surface area contributed by atoms with Crippen molar-refractivity contribution in [2.75, 3.05) is 20.1 Å². The van der Waals surface area contributed by atoms with Crippen LogP contribution in [-0.2, 0) is 4.79 Å². The van der Waals surface area contributed by atoms with Crippen LogP contribution in [0.1, 0.15) is 18.7 Å². The number of hydrogen-bond donors (Lipinski definition) is 0. The zero-order chi connectivity index (χ0) is 10.8. The molecule has 0 saturated carbocycles. The first-order chi connectivity index (χ1) is 7.24. The summed E-state index contributed by atoms with van der Waals surface area (Å²) in [6.07, 6.45) is 0.115. The van der Waals surface area contributed by atoms with Crippen LogP contribution in [0.15, 0.2) is 30.3 Å². The Bertz CT molecular complexity index is 350. The highest BCUT2D eigenvalue weighted by molar-refractivity contribution is 5.80. The Labute approximate surface area is 90.3 Å². The van der Waals surface area contributed by atoms with E-state index in [1.54, 1.807) is 0 Å². The summed E-state index contributed by atoms with van der Waals surface area (Å²) >= 11 is 0. The standard InChI is InChI=1S/C12H16N2O/c1-3-14-9-11(15)13(2)12(14)10-7-5-4-6-8-10/h4-8,12H,3,9H2,1-2H3. The molecule has 0 aromatic heterocycles. The molecule has 1 aliphatic rings. The third-order valence-corrected chi connectivity index (χ3v) is 2.95. The summed E-state index contributed by atoms with van der Waals surface area (Å²) in [4.78, 5) is 15.6. The SMILES string of the molecule is CCN1CC(=O)N(C)C1c1ccccc1. The highest BCUT2D eigenvalue weighted by Gasteiger charge is 2.34. The number of amides is 1. The molecular formula is C12H16N2O. The lowest BCUT2D eigenvalue weighted by atomic mass is 10.1. The maximum atomic E-state index is 11.6. The van der Waals surface area contributed by atoms with Crippen molar-refractivity contribution in [1.29, 1.82) is 0 Å². The van der Waals surface area contributed by atoms with Gasteiger partial charge in [0, 0.05) is 7.05 Å². The summed E-state index contributed by atoms with van der Waals surface area (Å²) in [5.41, 5.74) is 1.19. The molecule has 1 saturated heterocycles. The predicted molar refractivity (Wildman–Crippen MR) is 59.2 cm³/mol. The minimum atomic E-state index is 0.115. The van der Waals surface area contributed by atoms with Crippen LogP contribution < -0.4 is 0 Å². The summed E-state index contributed by atoms with van der Waals surface area (Å²) < 4.78 is 0. The largest absolute Gasteiger partial charge is 0.325 e. The Kier molecular flexibility index (Phi) is 2.73. The number of nitrogens with zero attached hydrogens (tertiary/aromatic N) is 2. The van der Waals surface area contributed by atoms with Crippen LogP contribution in [0, 0.1) is 0 Å². The summed E-state index contributed by atoms with van der Waals surface area (Å²) in [7, 11) is 1.87. The summed E-state index contributed by atoms with van der Waals surface area (Å²) in [5, 5.41) is 0. The lowest BCUT2D eigenvalue weighted by Gasteiger charge is -2.26. The van der Waals surface area contributed by atoms with Gasteiger partial charge in [-0.25, -0.2) is 0 Å². The second kappa shape index (κ2) is 4.03. The van der Waals surface area contributed by atoms with E-state index >= 15 is 0 Å². The Balaban J connectivity index is 2.30. The molecule has 1 heterocycles. The Morgan fingerprint density at radius 3 is 2.60 bits per heavy atom. The van der Waals surface area contributed by atoms with Gasteiger partial charge in [-0.2, -0.15) is 0 Å². The van der Waals surface area contributed by atoms with Gasteiger partial charge in [0.2, 0.25) is 5.91 Å². The van der Waals surface area contributed by atoms with Crippen molar-refractivity contribution in [3.8, 4) is 0 Å². The van der Waals surface area contributed by atoms with Crippen LogP contribution in [0.25, 0.3) is 0 Å². The normalized spacial score (nSPS) is 22.4. The molecule has 1 aromatic rings. The van der Waals surface area contributed by atoms with Crippen molar-refractivity contribution in [1.82, 2.24) is 9.80 Å². The molecule has 0 radical (unpaired) electrons. The van der Waals surface area contributed by atoms with Gasteiger partial charge in [-0.3, -0.25) is 9.69 Å². The van der Waals surface area contributed by atoms with E-state index in [0.29, 0.717) is 6.54 Å². The van der Waals surface area contributed by atoms with Gasteiger partial charge in [0.25, 0.3) is 0 Å². The zero-order valence-electron chi connectivity index (χ0n) is 9.18. The van der Waals surface area contributed by atoms with E-state index in [1.165, 1.54) is 5.56 Å². The minimum absolute atomic E-state index is 0.115. The van der Waals surface area contributed by atoms with Gasteiger partial charge >= 0.3 is 0 Å². The molecule has 0 aliphatic carbocycles. The number of benzene rings is 1. The molecule has 2 rings (SSSR count). The van der Waals surface area contributed by atoms with Crippen molar-refractivity contribution in [3.63, 3.8) is 0 Å². The summed E-state index contributed by atoms with van der Waals surface area (Å²) in [6, 6.07) is 10.2. The minimum Gasteiger partial charge on any atom is -0.325 e. The monoisotopic (exact) mass is 204 g/mol. The molecule has 1 atom stereocenters. The number of hydrogen-bond acceptors (Lipinski definition) is 2. The van der Waals surface area contributed by atoms with E-state index in [2.05, 4.69) is 24.0 Å². The van der Waals surface area contributed by atoms with Crippen molar-refractivity contribution in [2.45, 2.75) is 13.1 Å². The maximum Gasteiger partial charge on any atom is 0.238 e. The Hall–Kier alpha value is -1.35. The van der Waals surface area contributed by atoms with Gasteiger partial charge in [-0.15, -0.1) is 0 Å². The lowest BCUT2D eigenvalue weighted by Crippen LogP contribution is -2.29. The third-order valence-electron chi connectivity index (χ3n) is 2.95. The smallest absolute Gasteiger partial charge is 0.238 e. The van der Waals surface area contributed by atoms with Crippen molar-refractivity contribution in [3.05, 3.63) is 35.9 Å². The molecule has 3 heteroatoms. The first kappa shape index (κ1) is 10.2. The molecule has 1 aliphatic heterocycles. The van der Waals surface area contributed by atoms with E-state index in [4.69, 9.17) is 0 Å². The topological polar surface area (TPSA) is 23.6 Å². The number of carbonyl (C=O) groups excluding carboxylic acids is 1. The van der Waals surface area contributed by atoms with Gasteiger partial charge in [0.1, 0.15) is 6.17 Å². The van der Waals surface area contributed by atoms with Crippen molar-refractivity contribution in [2.24, 2.45) is 0 Å². The predicted octanol–water partition coefficient (Wildman–Crippen LogP) is 1.48. The highest BCUT2D eigenvalue weighted by atomic mass is 16.2. The second-order valence-electron chi connectivity index (χ2n) is 3.85. The number of carbonyl (C=O) groups is 1. The van der Waals surface area contributed by atoms with Crippen LogP contribution >= 0.6 is 0 Å². The zero-order valence-corrected chi connectivity index (χ0v) is 9.18. The summed E-state index contributed by atoms with van der Waals surface area (Å²) in [6.45, 7) is 3.52. The molecule has 1 amide bonds. The van der Waals surface area contributed by atoms with Gasteiger partial charge in [0.05, 0.1) is 6.54 Å².